The maximum atomic E-state index is 11.7. The van der Waals surface area contributed by atoms with E-state index in [0.717, 1.165) is 0 Å². The Balaban J connectivity index is 2.66. The summed E-state index contributed by atoms with van der Waals surface area (Å²) in [5, 5.41) is 4.69. The number of urea groups is 1. The Bertz CT molecular complexity index is 655. The van der Waals surface area contributed by atoms with E-state index in [1.54, 1.807) is 38.1 Å². The number of hydrogen-bond acceptors (Lipinski definition) is 6. The van der Waals surface area contributed by atoms with Crippen molar-refractivity contribution in [3.05, 3.63) is 29.8 Å². The van der Waals surface area contributed by atoms with Crippen LogP contribution in [0, 0.1) is 0 Å². The fourth-order valence-corrected chi connectivity index (χ4v) is 1.74. The third kappa shape index (κ3) is 7.38. The molecule has 1 rings (SSSR count). The molecule has 2 N–H and O–H groups in total. The van der Waals surface area contributed by atoms with E-state index in [4.69, 9.17) is 9.47 Å². The van der Waals surface area contributed by atoms with Crippen molar-refractivity contribution in [2.45, 2.75) is 19.9 Å². The van der Waals surface area contributed by atoms with Gasteiger partial charge in [-0.25, -0.2) is 9.59 Å². The molecule has 0 heterocycles. The fraction of sp³-hybridized carbons (Fsp3) is 0.353. The summed E-state index contributed by atoms with van der Waals surface area (Å²) < 4.78 is 15.1. The first-order valence-corrected chi connectivity index (χ1v) is 7.53. The van der Waals surface area contributed by atoms with Gasteiger partial charge in [-0.1, -0.05) is 6.07 Å². The van der Waals surface area contributed by atoms with Crippen molar-refractivity contribution in [3.63, 3.8) is 0 Å². The zero-order valence-electron chi connectivity index (χ0n) is 14.6. The second-order valence-electron chi connectivity index (χ2n) is 5.23. The van der Waals surface area contributed by atoms with Crippen molar-refractivity contribution in [1.82, 2.24) is 10.6 Å². The number of rotatable bonds is 7. The lowest BCUT2D eigenvalue weighted by molar-refractivity contribution is -0.134. The van der Waals surface area contributed by atoms with Crippen LogP contribution < -0.4 is 20.1 Å². The van der Waals surface area contributed by atoms with E-state index in [-0.39, 0.29) is 12.6 Å². The zero-order valence-corrected chi connectivity index (χ0v) is 14.6. The number of ether oxygens (including phenoxy) is 3. The van der Waals surface area contributed by atoms with Crippen molar-refractivity contribution >= 4 is 24.0 Å². The first-order valence-electron chi connectivity index (χ1n) is 7.53. The molecule has 0 radical (unpaired) electrons. The van der Waals surface area contributed by atoms with E-state index in [1.165, 1.54) is 20.3 Å². The monoisotopic (exact) mass is 350 g/mol. The molecule has 0 atom stereocenters. The summed E-state index contributed by atoms with van der Waals surface area (Å²) >= 11 is 0. The number of carbonyl (C=O) groups is 3. The molecular formula is C17H22N2O6. The number of imide groups is 1. The first kappa shape index (κ1) is 20.0. The van der Waals surface area contributed by atoms with Crippen molar-refractivity contribution in [2.24, 2.45) is 0 Å². The molecule has 25 heavy (non-hydrogen) atoms. The van der Waals surface area contributed by atoms with Gasteiger partial charge in [-0.3, -0.25) is 10.1 Å². The van der Waals surface area contributed by atoms with Crippen LogP contribution in [0.15, 0.2) is 24.3 Å². The SMILES string of the molecule is COC(=O)/C=C/c1ccc(OCC(=O)NC(=O)NC(C)C)c(OC)c1. The van der Waals surface area contributed by atoms with E-state index in [1.807, 2.05) is 0 Å². The molecule has 0 saturated carbocycles. The number of benzene rings is 1. The van der Waals surface area contributed by atoms with Gasteiger partial charge < -0.3 is 19.5 Å². The predicted octanol–water partition coefficient (Wildman–Crippen LogP) is 1.49. The molecule has 1 aromatic carbocycles. The van der Waals surface area contributed by atoms with Gasteiger partial charge in [0.2, 0.25) is 0 Å². The maximum absolute atomic E-state index is 11.7. The van der Waals surface area contributed by atoms with Gasteiger partial charge in [0.25, 0.3) is 5.91 Å². The lowest BCUT2D eigenvalue weighted by atomic mass is 10.2. The Labute approximate surface area is 146 Å². The van der Waals surface area contributed by atoms with Crippen LogP contribution in [-0.2, 0) is 14.3 Å². The van der Waals surface area contributed by atoms with Gasteiger partial charge in [0.05, 0.1) is 14.2 Å². The second kappa shape index (κ2) is 9.96. The Morgan fingerprint density at radius 3 is 2.48 bits per heavy atom. The van der Waals surface area contributed by atoms with Gasteiger partial charge in [-0.05, 0) is 37.6 Å². The highest BCUT2D eigenvalue weighted by atomic mass is 16.5. The first-order chi connectivity index (χ1) is 11.8. The Hall–Kier alpha value is -3.03. The zero-order chi connectivity index (χ0) is 18.8. The van der Waals surface area contributed by atoms with Crippen molar-refractivity contribution in [2.75, 3.05) is 20.8 Å². The highest BCUT2D eigenvalue weighted by Gasteiger charge is 2.11. The maximum Gasteiger partial charge on any atom is 0.330 e. The fourth-order valence-electron chi connectivity index (χ4n) is 1.74. The molecule has 0 fully saturated rings. The average Bonchev–Trinajstić information content (AvgIpc) is 2.57. The van der Waals surface area contributed by atoms with E-state index >= 15 is 0 Å². The summed E-state index contributed by atoms with van der Waals surface area (Å²) in [4.78, 5) is 34.2. The summed E-state index contributed by atoms with van der Waals surface area (Å²) in [7, 11) is 2.74. The smallest absolute Gasteiger partial charge is 0.330 e. The van der Waals surface area contributed by atoms with E-state index in [2.05, 4.69) is 15.4 Å². The molecule has 1 aromatic rings. The average molecular weight is 350 g/mol. The molecule has 0 spiro atoms. The lowest BCUT2D eigenvalue weighted by Gasteiger charge is -2.12. The minimum atomic E-state index is -0.588. The van der Waals surface area contributed by atoms with Crippen LogP contribution >= 0.6 is 0 Å². The minimum Gasteiger partial charge on any atom is -0.493 e. The van der Waals surface area contributed by atoms with Crippen LogP contribution in [0.5, 0.6) is 11.5 Å². The normalized spacial score (nSPS) is 10.4. The molecule has 8 heteroatoms. The standard InChI is InChI=1S/C17H22N2O6/c1-11(2)18-17(22)19-15(20)10-25-13-7-5-12(9-14(13)23-3)6-8-16(21)24-4/h5-9,11H,10H2,1-4H3,(H2,18,19,20,22)/b8-6+. The summed E-state index contributed by atoms with van der Waals surface area (Å²) in [5.41, 5.74) is 0.690. The topological polar surface area (TPSA) is 103 Å². The molecule has 0 bridgehead atoms. The quantitative estimate of drug-likeness (QED) is 0.570. The molecule has 3 amide bonds. The third-order valence-electron chi connectivity index (χ3n) is 2.83. The minimum absolute atomic E-state index is 0.0839. The van der Waals surface area contributed by atoms with Crippen LogP contribution in [0.1, 0.15) is 19.4 Å². The number of carbonyl (C=O) groups excluding carboxylic acids is 3. The van der Waals surface area contributed by atoms with E-state index in [9.17, 15) is 14.4 Å². The van der Waals surface area contributed by atoms with Crippen molar-refractivity contribution in [1.29, 1.82) is 0 Å². The van der Waals surface area contributed by atoms with Gasteiger partial charge in [0, 0.05) is 12.1 Å². The van der Waals surface area contributed by atoms with Crippen molar-refractivity contribution < 1.29 is 28.6 Å². The van der Waals surface area contributed by atoms with Crippen LogP contribution in [0.25, 0.3) is 6.08 Å². The van der Waals surface area contributed by atoms with Crippen LogP contribution in [-0.4, -0.2) is 44.8 Å². The van der Waals surface area contributed by atoms with Gasteiger partial charge in [0.1, 0.15) is 0 Å². The highest BCUT2D eigenvalue weighted by molar-refractivity contribution is 5.95. The Kier molecular flexibility index (Phi) is 7.98. The molecule has 8 nitrogen and oxygen atoms in total. The third-order valence-corrected chi connectivity index (χ3v) is 2.83. The van der Waals surface area contributed by atoms with Gasteiger partial charge >= 0.3 is 12.0 Å². The summed E-state index contributed by atoms with van der Waals surface area (Å²) in [5.74, 6) is -0.353. The van der Waals surface area contributed by atoms with E-state index in [0.29, 0.717) is 17.1 Å². The van der Waals surface area contributed by atoms with E-state index < -0.39 is 17.9 Å². The van der Waals surface area contributed by atoms with Crippen molar-refractivity contribution in [3.8, 4) is 11.5 Å². The predicted molar refractivity (Wildman–Crippen MR) is 91.3 cm³/mol. The van der Waals surface area contributed by atoms with Crippen LogP contribution in [0.2, 0.25) is 0 Å². The van der Waals surface area contributed by atoms with Gasteiger partial charge in [-0.2, -0.15) is 0 Å². The van der Waals surface area contributed by atoms with Gasteiger partial charge in [0.15, 0.2) is 18.1 Å². The molecule has 0 aliphatic heterocycles. The second-order valence-corrected chi connectivity index (χ2v) is 5.23. The summed E-state index contributed by atoms with van der Waals surface area (Å²) in [6.07, 6.45) is 2.83. The molecule has 0 aliphatic carbocycles. The molecule has 0 saturated heterocycles. The molecule has 136 valence electrons. The molecule has 0 aromatic heterocycles. The van der Waals surface area contributed by atoms with Crippen LogP contribution in [0.4, 0.5) is 4.79 Å². The molecule has 0 aliphatic rings. The number of hydrogen-bond donors (Lipinski definition) is 2. The lowest BCUT2D eigenvalue weighted by Crippen LogP contribution is -2.44. The highest BCUT2D eigenvalue weighted by Crippen LogP contribution is 2.28. The van der Waals surface area contributed by atoms with Crippen LogP contribution in [0.3, 0.4) is 0 Å². The number of amides is 3. The Morgan fingerprint density at radius 1 is 1.16 bits per heavy atom. The number of esters is 1. The molecule has 0 unspecified atom stereocenters. The summed E-state index contributed by atoms with van der Waals surface area (Å²) in [6.45, 7) is 3.21. The summed E-state index contributed by atoms with van der Waals surface area (Å²) in [6, 6.07) is 4.24. The Morgan fingerprint density at radius 2 is 1.88 bits per heavy atom. The largest absolute Gasteiger partial charge is 0.493 e. The molecular weight excluding hydrogens is 328 g/mol. The van der Waals surface area contributed by atoms with Gasteiger partial charge in [-0.15, -0.1) is 0 Å². The number of methoxy groups -OCH3 is 2. The number of nitrogens with one attached hydrogen (secondary N) is 2.